The Morgan fingerprint density at radius 2 is 1.82 bits per heavy atom. The first-order chi connectivity index (χ1) is 13.3. The summed E-state index contributed by atoms with van der Waals surface area (Å²) in [6.45, 7) is 2.79. The minimum absolute atomic E-state index is 0.310. The molecule has 1 heterocycles. The van der Waals surface area contributed by atoms with E-state index in [0.29, 0.717) is 23.6 Å². The summed E-state index contributed by atoms with van der Waals surface area (Å²) in [7, 11) is 0. The summed E-state index contributed by atoms with van der Waals surface area (Å²) in [4.78, 5) is 50.5. The second kappa shape index (κ2) is 8.31. The number of carbonyl (C=O) groups excluding carboxylic acids is 4. The normalized spacial score (nSPS) is 22.6. The Kier molecular flexibility index (Phi) is 6.03. The van der Waals surface area contributed by atoms with Crippen LogP contribution in [0.1, 0.15) is 38.2 Å². The predicted molar refractivity (Wildman–Crippen MR) is 103 cm³/mol. The lowest BCUT2D eigenvalue weighted by Gasteiger charge is -2.21. The van der Waals surface area contributed by atoms with E-state index in [1.807, 2.05) is 6.92 Å². The second-order valence-corrected chi connectivity index (χ2v) is 7.77. The van der Waals surface area contributed by atoms with E-state index < -0.39 is 24.5 Å². The maximum absolute atomic E-state index is 12.5. The van der Waals surface area contributed by atoms with Crippen LogP contribution in [0.2, 0.25) is 5.02 Å². The monoisotopic (exact) mass is 406 g/mol. The fourth-order valence-electron chi connectivity index (χ4n) is 3.84. The molecule has 1 saturated heterocycles. The summed E-state index contributed by atoms with van der Waals surface area (Å²) in [5, 5.41) is 2.94. The standard InChI is InChI=1S/C20H23ClN2O5/c1-11-7-8-16(15(21)9-11)22-17(24)10-28-20(27)12(2)23-18(25)13-5-3-4-6-14(13)19(23)26/h7-9,12-14H,3-6,10H2,1-2H3,(H,22,24)/t12-,13-,14-/m0/s1. The van der Waals surface area contributed by atoms with Gasteiger partial charge in [-0.25, -0.2) is 4.79 Å². The Labute approximate surface area is 168 Å². The van der Waals surface area contributed by atoms with E-state index in [9.17, 15) is 19.2 Å². The minimum Gasteiger partial charge on any atom is -0.454 e. The van der Waals surface area contributed by atoms with Crippen LogP contribution < -0.4 is 5.32 Å². The van der Waals surface area contributed by atoms with E-state index in [-0.39, 0.29) is 23.7 Å². The van der Waals surface area contributed by atoms with Crippen molar-refractivity contribution in [3.8, 4) is 0 Å². The highest BCUT2D eigenvalue weighted by molar-refractivity contribution is 6.33. The molecule has 3 rings (SSSR count). The van der Waals surface area contributed by atoms with Crippen molar-refractivity contribution in [2.24, 2.45) is 11.8 Å². The van der Waals surface area contributed by atoms with E-state index in [0.717, 1.165) is 23.3 Å². The maximum Gasteiger partial charge on any atom is 0.329 e. The molecule has 1 aliphatic heterocycles. The average Bonchev–Trinajstić information content (AvgIpc) is 2.92. The van der Waals surface area contributed by atoms with E-state index in [1.165, 1.54) is 6.92 Å². The van der Waals surface area contributed by atoms with Gasteiger partial charge in [-0.15, -0.1) is 0 Å². The highest BCUT2D eigenvalue weighted by Crippen LogP contribution is 2.38. The fraction of sp³-hybridized carbons (Fsp3) is 0.500. The van der Waals surface area contributed by atoms with Crippen LogP contribution in [-0.4, -0.2) is 41.2 Å². The van der Waals surface area contributed by atoms with Crippen LogP contribution in [0.15, 0.2) is 18.2 Å². The number of rotatable bonds is 5. The summed E-state index contributed by atoms with van der Waals surface area (Å²) < 4.78 is 5.02. The zero-order chi connectivity index (χ0) is 20.4. The number of hydrogen-bond donors (Lipinski definition) is 1. The van der Waals surface area contributed by atoms with Crippen molar-refractivity contribution >= 4 is 41.0 Å². The summed E-state index contributed by atoms with van der Waals surface area (Å²) in [5.41, 5.74) is 1.36. The highest BCUT2D eigenvalue weighted by atomic mass is 35.5. The van der Waals surface area contributed by atoms with Crippen LogP contribution in [-0.2, 0) is 23.9 Å². The van der Waals surface area contributed by atoms with Crippen LogP contribution in [0.25, 0.3) is 0 Å². The molecular weight excluding hydrogens is 384 g/mol. The van der Waals surface area contributed by atoms with Gasteiger partial charge in [-0.3, -0.25) is 19.3 Å². The maximum atomic E-state index is 12.5. The summed E-state index contributed by atoms with van der Waals surface area (Å²) in [5.74, 6) is -2.62. The number of benzene rings is 1. The Morgan fingerprint density at radius 3 is 2.39 bits per heavy atom. The molecule has 150 valence electrons. The molecule has 1 N–H and O–H groups in total. The van der Waals surface area contributed by atoms with E-state index in [2.05, 4.69) is 5.32 Å². The van der Waals surface area contributed by atoms with Gasteiger partial charge in [0.05, 0.1) is 22.5 Å². The summed E-state index contributed by atoms with van der Waals surface area (Å²) in [6.07, 6.45) is 3.17. The number of amides is 3. The molecule has 3 atom stereocenters. The molecule has 0 aromatic heterocycles. The number of hydrogen-bond acceptors (Lipinski definition) is 5. The van der Waals surface area contributed by atoms with Crippen LogP contribution in [0.5, 0.6) is 0 Å². The molecular formula is C20H23ClN2O5. The molecule has 28 heavy (non-hydrogen) atoms. The zero-order valence-corrected chi connectivity index (χ0v) is 16.6. The number of esters is 1. The number of nitrogens with one attached hydrogen (secondary N) is 1. The van der Waals surface area contributed by atoms with Crippen molar-refractivity contribution < 1.29 is 23.9 Å². The van der Waals surface area contributed by atoms with Crippen molar-refractivity contribution in [1.82, 2.24) is 4.90 Å². The molecule has 0 bridgehead atoms. The van der Waals surface area contributed by atoms with Gasteiger partial charge < -0.3 is 10.1 Å². The Hall–Kier alpha value is -2.41. The third-order valence-corrected chi connectivity index (χ3v) is 5.66. The smallest absolute Gasteiger partial charge is 0.329 e. The number of fused-ring (bicyclic) bond motifs is 1. The van der Waals surface area contributed by atoms with Crippen molar-refractivity contribution in [3.63, 3.8) is 0 Å². The van der Waals surface area contributed by atoms with Crippen LogP contribution in [0, 0.1) is 18.8 Å². The number of carbonyl (C=O) groups is 4. The minimum atomic E-state index is -1.05. The van der Waals surface area contributed by atoms with E-state index >= 15 is 0 Å². The lowest BCUT2D eigenvalue weighted by atomic mass is 9.81. The van der Waals surface area contributed by atoms with Gasteiger partial charge in [-0.1, -0.05) is 30.5 Å². The van der Waals surface area contributed by atoms with Gasteiger partial charge in [0.15, 0.2) is 6.61 Å². The van der Waals surface area contributed by atoms with Crippen molar-refractivity contribution in [2.75, 3.05) is 11.9 Å². The lowest BCUT2D eigenvalue weighted by molar-refractivity contribution is -0.159. The van der Waals surface area contributed by atoms with E-state index in [4.69, 9.17) is 16.3 Å². The largest absolute Gasteiger partial charge is 0.454 e. The quantitative estimate of drug-likeness (QED) is 0.599. The Bertz CT molecular complexity index is 801. The summed E-state index contributed by atoms with van der Waals surface area (Å²) in [6, 6.07) is 4.10. The fourth-order valence-corrected chi connectivity index (χ4v) is 4.12. The summed E-state index contributed by atoms with van der Waals surface area (Å²) >= 11 is 6.06. The zero-order valence-electron chi connectivity index (χ0n) is 15.9. The van der Waals surface area contributed by atoms with Crippen LogP contribution in [0.3, 0.4) is 0 Å². The van der Waals surface area contributed by atoms with Crippen molar-refractivity contribution in [3.05, 3.63) is 28.8 Å². The van der Waals surface area contributed by atoms with Gasteiger partial charge in [0.2, 0.25) is 11.8 Å². The molecule has 3 amide bonds. The molecule has 1 aliphatic carbocycles. The molecule has 0 unspecified atom stereocenters. The van der Waals surface area contributed by atoms with Gasteiger partial charge >= 0.3 is 5.97 Å². The van der Waals surface area contributed by atoms with Gasteiger partial charge in [0.25, 0.3) is 5.91 Å². The first-order valence-electron chi connectivity index (χ1n) is 9.39. The molecule has 1 aromatic rings. The molecule has 7 nitrogen and oxygen atoms in total. The van der Waals surface area contributed by atoms with Crippen molar-refractivity contribution in [2.45, 2.75) is 45.6 Å². The van der Waals surface area contributed by atoms with Crippen LogP contribution >= 0.6 is 11.6 Å². The third kappa shape index (κ3) is 4.04. The number of imide groups is 1. The molecule has 1 aromatic carbocycles. The highest BCUT2D eigenvalue weighted by Gasteiger charge is 2.51. The molecule has 0 spiro atoms. The number of likely N-dealkylation sites (tertiary alicyclic amines) is 1. The molecule has 2 aliphatic rings. The second-order valence-electron chi connectivity index (χ2n) is 7.36. The third-order valence-electron chi connectivity index (χ3n) is 5.35. The first kappa shape index (κ1) is 20.3. The Balaban J connectivity index is 1.56. The van der Waals surface area contributed by atoms with Gasteiger partial charge in [-0.05, 0) is 44.4 Å². The van der Waals surface area contributed by atoms with Gasteiger partial charge in [0, 0.05) is 0 Å². The molecule has 2 fully saturated rings. The Morgan fingerprint density at radius 1 is 1.21 bits per heavy atom. The number of anilines is 1. The number of aryl methyl sites for hydroxylation is 1. The average molecular weight is 407 g/mol. The lowest BCUT2D eigenvalue weighted by Crippen LogP contribution is -2.45. The number of nitrogens with zero attached hydrogens (tertiary/aromatic N) is 1. The molecule has 8 heteroatoms. The topological polar surface area (TPSA) is 92.8 Å². The predicted octanol–water partition coefficient (Wildman–Crippen LogP) is 2.69. The molecule has 0 radical (unpaired) electrons. The van der Waals surface area contributed by atoms with Gasteiger partial charge in [-0.2, -0.15) is 0 Å². The van der Waals surface area contributed by atoms with Crippen molar-refractivity contribution in [1.29, 1.82) is 0 Å². The number of ether oxygens (including phenoxy) is 1. The van der Waals surface area contributed by atoms with Gasteiger partial charge in [0.1, 0.15) is 6.04 Å². The van der Waals surface area contributed by atoms with Crippen LogP contribution in [0.4, 0.5) is 5.69 Å². The SMILES string of the molecule is Cc1ccc(NC(=O)COC(=O)[C@H](C)N2C(=O)[C@H]3CCCC[C@@H]3C2=O)c(Cl)c1. The first-order valence-corrected chi connectivity index (χ1v) is 9.77. The number of halogens is 1. The van der Waals surface area contributed by atoms with E-state index in [1.54, 1.807) is 18.2 Å². The molecule has 1 saturated carbocycles.